The summed E-state index contributed by atoms with van der Waals surface area (Å²) in [7, 11) is 0. The van der Waals surface area contributed by atoms with Gasteiger partial charge in [0.25, 0.3) is 0 Å². The monoisotopic (exact) mass is 232 g/mol. The summed E-state index contributed by atoms with van der Waals surface area (Å²) in [6.45, 7) is 9.74. The number of anilines is 1. The van der Waals surface area contributed by atoms with Gasteiger partial charge in [-0.25, -0.2) is 0 Å². The maximum absolute atomic E-state index is 5.92. The van der Waals surface area contributed by atoms with E-state index in [4.69, 9.17) is 5.73 Å². The Kier molecular flexibility index (Phi) is 3.43. The first kappa shape index (κ1) is 12.4. The molecule has 2 nitrogen and oxygen atoms in total. The number of hydrogen-bond acceptors (Lipinski definition) is 2. The van der Waals surface area contributed by atoms with Crippen molar-refractivity contribution in [3.05, 3.63) is 29.3 Å². The van der Waals surface area contributed by atoms with Crippen LogP contribution in [0.3, 0.4) is 0 Å². The van der Waals surface area contributed by atoms with E-state index in [-0.39, 0.29) is 0 Å². The summed E-state index contributed by atoms with van der Waals surface area (Å²) in [5.41, 5.74) is 10.5. The van der Waals surface area contributed by atoms with Crippen LogP contribution in [0.2, 0.25) is 0 Å². The van der Waals surface area contributed by atoms with Crippen LogP contribution in [-0.4, -0.2) is 13.1 Å². The van der Waals surface area contributed by atoms with Crippen LogP contribution in [0.4, 0.5) is 5.69 Å². The molecular weight excluding hydrogens is 208 g/mol. The molecule has 0 aromatic heterocycles. The average molecular weight is 232 g/mol. The Labute approximate surface area is 105 Å². The van der Waals surface area contributed by atoms with Gasteiger partial charge in [-0.1, -0.05) is 26.0 Å². The molecule has 1 heterocycles. The quantitative estimate of drug-likeness (QED) is 0.864. The van der Waals surface area contributed by atoms with Gasteiger partial charge in [0.2, 0.25) is 0 Å². The minimum atomic E-state index is 0.321. The van der Waals surface area contributed by atoms with Crippen molar-refractivity contribution in [1.29, 1.82) is 0 Å². The van der Waals surface area contributed by atoms with Gasteiger partial charge in [0.05, 0.1) is 0 Å². The molecule has 2 rings (SSSR count). The molecule has 0 amide bonds. The molecule has 17 heavy (non-hydrogen) atoms. The van der Waals surface area contributed by atoms with Gasteiger partial charge < -0.3 is 10.6 Å². The summed E-state index contributed by atoms with van der Waals surface area (Å²) in [4.78, 5) is 2.50. The molecule has 0 saturated heterocycles. The Morgan fingerprint density at radius 1 is 1.24 bits per heavy atom. The second-order valence-corrected chi connectivity index (χ2v) is 5.02. The molecule has 0 aliphatic carbocycles. The van der Waals surface area contributed by atoms with Crippen molar-refractivity contribution in [3.8, 4) is 0 Å². The highest BCUT2D eigenvalue weighted by Gasteiger charge is 2.40. The van der Waals surface area contributed by atoms with Crippen molar-refractivity contribution in [3.63, 3.8) is 0 Å². The van der Waals surface area contributed by atoms with Crippen LogP contribution in [0.1, 0.15) is 44.7 Å². The van der Waals surface area contributed by atoms with Gasteiger partial charge in [-0.3, -0.25) is 0 Å². The zero-order valence-corrected chi connectivity index (χ0v) is 11.3. The van der Waals surface area contributed by atoms with Gasteiger partial charge in [0.1, 0.15) is 0 Å². The fraction of sp³-hybridized carbons (Fsp3) is 0.600. The smallest absolute Gasteiger partial charge is 0.0408 e. The molecule has 0 radical (unpaired) electrons. The molecule has 1 aliphatic rings. The number of rotatable bonds is 4. The average Bonchev–Trinajstić information content (AvgIpc) is 2.73. The first-order valence-electron chi connectivity index (χ1n) is 6.79. The van der Waals surface area contributed by atoms with E-state index < -0.39 is 0 Å². The van der Waals surface area contributed by atoms with Crippen molar-refractivity contribution in [1.82, 2.24) is 0 Å². The minimum absolute atomic E-state index is 0.321. The predicted molar refractivity (Wildman–Crippen MR) is 74.5 cm³/mol. The van der Waals surface area contributed by atoms with E-state index >= 15 is 0 Å². The van der Waals surface area contributed by atoms with Gasteiger partial charge in [0, 0.05) is 30.7 Å². The van der Waals surface area contributed by atoms with Gasteiger partial charge in [-0.15, -0.1) is 0 Å². The summed E-state index contributed by atoms with van der Waals surface area (Å²) in [5.74, 6) is 0. The third-order valence-corrected chi connectivity index (χ3v) is 4.45. The lowest BCUT2D eigenvalue weighted by atomic mass is 9.75. The molecule has 0 fully saturated rings. The van der Waals surface area contributed by atoms with Crippen LogP contribution in [0.5, 0.6) is 0 Å². The SMILES string of the molecule is CCN1CC(CC)(CC)c2c(CN)cccc21. The van der Waals surface area contributed by atoms with Crippen LogP contribution in [0.15, 0.2) is 18.2 Å². The molecule has 0 unspecified atom stereocenters. The second kappa shape index (κ2) is 4.69. The molecule has 0 bridgehead atoms. The lowest BCUT2D eigenvalue weighted by Crippen LogP contribution is -2.32. The first-order chi connectivity index (χ1) is 8.22. The summed E-state index contributed by atoms with van der Waals surface area (Å²) >= 11 is 0. The van der Waals surface area contributed by atoms with E-state index in [2.05, 4.69) is 43.9 Å². The molecule has 2 heteroatoms. The lowest BCUT2D eigenvalue weighted by molar-refractivity contribution is 0.418. The Hall–Kier alpha value is -1.02. The fourth-order valence-corrected chi connectivity index (χ4v) is 3.27. The number of benzene rings is 1. The van der Waals surface area contributed by atoms with Crippen LogP contribution in [0.25, 0.3) is 0 Å². The normalized spacial score (nSPS) is 17.3. The Balaban J connectivity index is 2.60. The van der Waals surface area contributed by atoms with E-state index in [1.54, 1.807) is 0 Å². The van der Waals surface area contributed by atoms with Gasteiger partial charge in [-0.2, -0.15) is 0 Å². The van der Waals surface area contributed by atoms with Crippen LogP contribution in [-0.2, 0) is 12.0 Å². The van der Waals surface area contributed by atoms with E-state index in [0.29, 0.717) is 12.0 Å². The molecule has 1 aromatic rings. The van der Waals surface area contributed by atoms with Crippen molar-refractivity contribution < 1.29 is 0 Å². The van der Waals surface area contributed by atoms with Crippen molar-refractivity contribution in [2.45, 2.75) is 45.6 Å². The van der Waals surface area contributed by atoms with Crippen LogP contribution >= 0.6 is 0 Å². The highest BCUT2D eigenvalue weighted by Crippen LogP contribution is 2.46. The third kappa shape index (κ3) is 1.75. The Bertz CT molecular complexity index is 394. The van der Waals surface area contributed by atoms with Gasteiger partial charge in [-0.05, 0) is 37.0 Å². The molecule has 0 spiro atoms. The maximum atomic E-state index is 5.92. The Morgan fingerprint density at radius 3 is 2.47 bits per heavy atom. The largest absolute Gasteiger partial charge is 0.371 e. The molecule has 1 aromatic carbocycles. The highest BCUT2D eigenvalue weighted by atomic mass is 15.2. The summed E-state index contributed by atoms with van der Waals surface area (Å²) in [6, 6.07) is 6.59. The molecule has 94 valence electrons. The number of hydrogen-bond donors (Lipinski definition) is 1. The summed E-state index contributed by atoms with van der Waals surface area (Å²) < 4.78 is 0. The minimum Gasteiger partial charge on any atom is -0.371 e. The topological polar surface area (TPSA) is 29.3 Å². The predicted octanol–water partition coefficient (Wildman–Crippen LogP) is 3.04. The molecule has 1 aliphatic heterocycles. The zero-order chi connectivity index (χ0) is 12.5. The number of likely N-dealkylation sites (N-methyl/N-ethyl adjacent to an activating group) is 1. The van der Waals surface area contributed by atoms with E-state index in [1.807, 2.05) is 0 Å². The number of fused-ring (bicyclic) bond motifs is 1. The molecule has 0 saturated carbocycles. The van der Waals surface area contributed by atoms with Crippen molar-refractivity contribution in [2.24, 2.45) is 5.73 Å². The van der Waals surface area contributed by atoms with E-state index in [0.717, 1.165) is 13.1 Å². The fourth-order valence-electron chi connectivity index (χ4n) is 3.27. The van der Waals surface area contributed by atoms with E-state index in [1.165, 1.54) is 29.7 Å². The third-order valence-electron chi connectivity index (χ3n) is 4.45. The van der Waals surface area contributed by atoms with Gasteiger partial charge in [0.15, 0.2) is 0 Å². The Morgan fingerprint density at radius 2 is 1.94 bits per heavy atom. The summed E-state index contributed by atoms with van der Waals surface area (Å²) in [5, 5.41) is 0. The van der Waals surface area contributed by atoms with Crippen molar-refractivity contribution >= 4 is 5.69 Å². The lowest BCUT2D eigenvalue weighted by Gasteiger charge is -2.29. The summed E-state index contributed by atoms with van der Waals surface area (Å²) in [6.07, 6.45) is 2.40. The van der Waals surface area contributed by atoms with Crippen LogP contribution < -0.4 is 10.6 Å². The number of nitrogens with two attached hydrogens (primary N) is 1. The van der Waals surface area contributed by atoms with Crippen molar-refractivity contribution in [2.75, 3.05) is 18.0 Å². The standard InChI is InChI=1S/C15H24N2/c1-4-15(5-2)11-17(6-3)13-9-7-8-12(10-16)14(13)15/h7-9H,4-6,10-11,16H2,1-3H3. The highest BCUT2D eigenvalue weighted by molar-refractivity contribution is 5.65. The molecule has 2 N–H and O–H groups in total. The molecule has 0 atom stereocenters. The first-order valence-corrected chi connectivity index (χ1v) is 6.79. The number of nitrogens with zero attached hydrogens (tertiary/aromatic N) is 1. The zero-order valence-electron chi connectivity index (χ0n) is 11.3. The van der Waals surface area contributed by atoms with Crippen LogP contribution in [0, 0.1) is 0 Å². The molecular formula is C15H24N2. The van der Waals surface area contributed by atoms with Gasteiger partial charge >= 0.3 is 0 Å². The maximum Gasteiger partial charge on any atom is 0.0408 e. The van der Waals surface area contributed by atoms with E-state index in [9.17, 15) is 0 Å². The second-order valence-electron chi connectivity index (χ2n) is 5.02.